The van der Waals surface area contributed by atoms with Crippen molar-refractivity contribution in [1.29, 1.82) is 0 Å². The standard InChI is InChI=1S/C12H21NO4/c1-7(2)6-9(12(15)16)13-11(14)10-5-4-8(3)17-10/h7-10H,4-6H2,1-3H3,(H,13,14)(H,15,16). The Morgan fingerprint density at radius 1 is 1.41 bits per heavy atom. The number of ether oxygens (including phenoxy) is 1. The maximum Gasteiger partial charge on any atom is 0.326 e. The van der Waals surface area contributed by atoms with Crippen LogP contribution in [0.15, 0.2) is 0 Å². The summed E-state index contributed by atoms with van der Waals surface area (Å²) in [5.74, 6) is -1.07. The van der Waals surface area contributed by atoms with Gasteiger partial charge in [0, 0.05) is 0 Å². The molecule has 1 saturated heterocycles. The van der Waals surface area contributed by atoms with Gasteiger partial charge in [-0.15, -0.1) is 0 Å². The molecule has 5 nitrogen and oxygen atoms in total. The molecule has 0 saturated carbocycles. The van der Waals surface area contributed by atoms with Gasteiger partial charge in [0.1, 0.15) is 12.1 Å². The number of hydrogen-bond donors (Lipinski definition) is 2. The van der Waals surface area contributed by atoms with Gasteiger partial charge in [0.25, 0.3) is 0 Å². The second-order valence-corrected chi connectivity index (χ2v) is 5.04. The monoisotopic (exact) mass is 243 g/mol. The molecule has 1 heterocycles. The first-order chi connectivity index (χ1) is 7.90. The summed E-state index contributed by atoms with van der Waals surface area (Å²) in [4.78, 5) is 22.8. The lowest BCUT2D eigenvalue weighted by Crippen LogP contribution is -2.46. The third-order valence-corrected chi connectivity index (χ3v) is 2.85. The number of rotatable bonds is 5. The van der Waals surface area contributed by atoms with Gasteiger partial charge in [0.05, 0.1) is 6.10 Å². The van der Waals surface area contributed by atoms with Crippen LogP contribution < -0.4 is 5.32 Å². The predicted molar refractivity (Wildman–Crippen MR) is 62.6 cm³/mol. The van der Waals surface area contributed by atoms with Crippen molar-refractivity contribution in [3.05, 3.63) is 0 Å². The highest BCUT2D eigenvalue weighted by Crippen LogP contribution is 2.19. The fourth-order valence-corrected chi connectivity index (χ4v) is 1.95. The van der Waals surface area contributed by atoms with Gasteiger partial charge in [-0.05, 0) is 32.1 Å². The average molecular weight is 243 g/mol. The molecular weight excluding hydrogens is 222 g/mol. The molecule has 17 heavy (non-hydrogen) atoms. The van der Waals surface area contributed by atoms with Crippen LogP contribution in [0.1, 0.15) is 40.0 Å². The summed E-state index contributed by atoms with van der Waals surface area (Å²) in [7, 11) is 0. The van der Waals surface area contributed by atoms with E-state index in [9.17, 15) is 9.59 Å². The summed E-state index contributed by atoms with van der Waals surface area (Å²) < 4.78 is 5.40. The number of nitrogens with one attached hydrogen (secondary N) is 1. The Balaban J connectivity index is 2.49. The Labute approximate surface area is 102 Å². The Morgan fingerprint density at radius 3 is 2.47 bits per heavy atom. The molecular formula is C12H21NO4. The van der Waals surface area contributed by atoms with Crippen LogP contribution in [-0.4, -0.2) is 35.2 Å². The average Bonchev–Trinajstić information content (AvgIpc) is 2.63. The summed E-state index contributed by atoms with van der Waals surface area (Å²) >= 11 is 0. The number of carbonyl (C=O) groups excluding carboxylic acids is 1. The number of hydrogen-bond acceptors (Lipinski definition) is 3. The van der Waals surface area contributed by atoms with Gasteiger partial charge in [-0.25, -0.2) is 4.79 Å². The third kappa shape index (κ3) is 4.34. The normalized spacial score (nSPS) is 25.9. The van der Waals surface area contributed by atoms with E-state index in [4.69, 9.17) is 9.84 Å². The van der Waals surface area contributed by atoms with E-state index in [1.807, 2.05) is 20.8 Å². The molecule has 0 aromatic heterocycles. The fourth-order valence-electron chi connectivity index (χ4n) is 1.95. The molecule has 5 heteroatoms. The summed E-state index contributed by atoms with van der Waals surface area (Å²) in [5.41, 5.74) is 0. The number of carbonyl (C=O) groups is 2. The van der Waals surface area contributed by atoms with E-state index in [-0.39, 0.29) is 17.9 Å². The molecule has 1 fully saturated rings. The highest BCUT2D eigenvalue weighted by molar-refractivity contribution is 5.86. The van der Waals surface area contributed by atoms with Crippen LogP contribution in [0.5, 0.6) is 0 Å². The highest BCUT2D eigenvalue weighted by atomic mass is 16.5. The maximum absolute atomic E-state index is 11.8. The quantitative estimate of drug-likeness (QED) is 0.760. The van der Waals surface area contributed by atoms with E-state index in [1.54, 1.807) is 0 Å². The minimum absolute atomic E-state index is 0.0825. The molecule has 1 aliphatic heterocycles. The van der Waals surface area contributed by atoms with E-state index in [0.29, 0.717) is 12.8 Å². The summed E-state index contributed by atoms with van der Waals surface area (Å²) in [6, 6.07) is -0.818. The number of carboxylic acids is 1. The summed E-state index contributed by atoms with van der Waals surface area (Å²) in [6.07, 6.45) is 1.54. The Morgan fingerprint density at radius 2 is 2.06 bits per heavy atom. The highest BCUT2D eigenvalue weighted by Gasteiger charge is 2.31. The van der Waals surface area contributed by atoms with E-state index in [0.717, 1.165) is 6.42 Å². The first-order valence-electron chi connectivity index (χ1n) is 6.08. The Kier molecular flexibility index (Phi) is 4.93. The number of amides is 1. The van der Waals surface area contributed by atoms with Crippen molar-refractivity contribution < 1.29 is 19.4 Å². The van der Waals surface area contributed by atoms with E-state index >= 15 is 0 Å². The van der Waals surface area contributed by atoms with Gasteiger partial charge in [-0.1, -0.05) is 13.8 Å². The molecule has 0 aromatic rings. The van der Waals surface area contributed by atoms with Gasteiger partial charge >= 0.3 is 5.97 Å². The summed E-state index contributed by atoms with van der Waals surface area (Å²) in [5, 5.41) is 11.6. The molecule has 1 rings (SSSR count). The smallest absolute Gasteiger partial charge is 0.326 e. The van der Waals surface area contributed by atoms with Crippen LogP contribution >= 0.6 is 0 Å². The van der Waals surface area contributed by atoms with Gasteiger partial charge in [-0.3, -0.25) is 4.79 Å². The van der Waals surface area contributed by atoms with Crippen molar-refractivity contribution in [3.8, 4) is 0 Å². The van der Waals surface area contributed by atoms with Crippen LogP contribution in [0.2, 0.25) is 0 Å². The second kappa shape index (κ2) is 6.00. The largest absolute Gasteiger partial charge is 0.480 e. The molecule has 0 spiro atoms. The molecule has 2 N–H and O–H groups in total. The first kappa shape index (κ1) is 14.0. The van der Waals surface area contributed by atoms with Crippen LogP contribution in [0.4, 0.5) is 0 Å². The Hall–Kier alpha value is -1.10. The summed E-state index contributed by atoms with van der Waals surface area (Å²) in [6.45, 7) is 5.77. The van der Waals surface area contributed by atoms with Crippen molar-refractivity contribution in [3.63, 3.8) is 0 Å². The second-order valence-electron chi connectivity index (χ2n) is 5.04. The van der Waals surface area contributed by atoms with Crippen LogP contribution in [0.3, 0.4) is 0 Å². The zero-order chi connectivity index (χ0) is 13.0. The topological polar surface area (TPSA) is 75.6 Å². The van der Waals surface area contributed by atoms with Gasteiger partial charge < -0.3 is 15.2 Å². The molecule has 3 atom stereocenters. The molecule has 0 aliphatic carbocycles. The van der Waals surface area contributed by atoms with E-state index < -0.39 is 18.1 Å². The van der Waals surface area contributed by atoms with Crippen LogP contribution in [0.25, 0.3) is 0 Å². The maximum atomic E-state index is 11.8. The van der Waals surface area contributed by atoms with Crippen molar-refractivity contribution in [2.75, 3.05) is 0 Å². The zero-order valence-corrected chi connectivity index (χ0v) is 10.6. The molecule has 98 valence electrons. The minimum atomic E-state index is -0.988. The lowest BCUT2D eigenvalue weighted by Gasteiger charge is -2.19. The fraction of sp³-hybridized carbons (Fsp3) is 0.833. The molecule has 0 bridgehead atoms. The molecule has 0 radical (unpaired) electrons. The molecule has 3 unspecified atom stereocenters. The van der Waals surface area contributed by atoms with Gasteiger partial charge in [-0.2, -0.15) is 0 Å². The molecule has 1 aliphatic rings. The first-order valence-corrected chi connectivity index (χ1v) is 6.08. The SMILES string of the molecule is CC(C)CC(NC(=O)C1CCC(C)O1)C(=O)O. The van der Waals surface area contributed by atoms with Crippen molar-refractivity contribution >= 4 is 11.9 Å². The van der Waals surface area contributed by atoms with Crippen molar-refractivity contribution in [1.82, 2.24) is 5.32 Å². The predicted octanol–water partition coefficient (Wildman–Crippen LogP) is 1.17. The van der Waals surface area contributed by atoms with Gasteiger partial charge in [0.15, 0.2) is 0 Å². The van der Waals surface area contributed by atoms with Crippen LogP contribution in [-0.2, 0) is 14.3 Å². The zero-order valence-electron chi connectivity index (χ0n) is 10.6. The molecule has 0 aromatic carbocycles. The van der Waals surface area contributed by atoms with Crippen LogP contribution in [0, 0.1) is 5.92 Å². The third-order valence-electron chi connectivity index (χ3n) is 2.85. The van der Waals surface area contributed by atoms with Gasteiger partial charge in [0.2, 0.25) is 5.91 Å². The van der Waals surface area contributed by atoms with Crippen molar-refractivity contribution in [2.24, 2.45) is 5.92 Å². The lowest BCUT2D eigenvalue weighted by atomic mass is 10.0. The Bertz CT molecular complexity index is 290. The number of aliphatic carboxylic acids is 1. The number of carboxylic acid groups (broad SMARTS) is 1. The minimum Gasteiger partial charge on any atom is -0.480 e. The van der Waals surface area contributed by atoms with Crippen molar-refractivity contribution in [2.45, 2.75) is 58.3 Å². The lowest BCUT2D eigenvalue weighted by molar-refractivity contribution is -0.144. The van der Waals surface area contributed by atoms with E-state index in [2.05, 4.69) is 5.32 Å². The molecule has 1 amide bonds. The van der Waals surface area contributed by atoms with E-state index in [1.165, 1.54) is 0 Å².